The van der Waals surface area contributed by atoms with Crippen LogP contribution in [0, 0.1) is 0 Å². The van der Waals surface area contributed by atoms with E-state index < -0.39 is 42.4 Å². The van der Waals surface area contributed by atoms with E-state index in [1.807, 2.05) is 0 Å². The Balaban J connectivity index is 1.36. The van der Waals surface area contributed by atoms with Crippen LogP contribution in [0.25, 0.3) is 0 Å². The number of nitrogens with one attached hydrogen (secondary N) is 1. The number of fused-ring (bicyclic) bond motifs is 1. The van der Waals surface area contributed by atoms with Gasteiger partial charge in [0.05, 0.1) is 0 Å². The minimum absolute atomic E-state index is 0.0792. The van der Waals surface area contributed by atoms with Gasteiger partial charge in [-0.2, -0.15) is 0 Å². The van der Waals surface area contributed by atoms with Crippen molar-refractivity contribution >= 4 is 23.7 Å². The Hall–Kier alpha value is -3.88. The summed E-state index contributed by atoms with van der Waals surface area (Å²) in [7, 11) is 0. The number of imide groups is 1. The molecule has 1 saturated heterocycles. The fourth-order valence-electron chi connectivity index (χ4n) is 3.28. The van der Waals surface area contributed by atoms with Gasteiger partial charge in [-0.25, -0.2) is 4.79 Å². The lowest BCUT2D eigenvalue weighted by Crippen LogP contribution is -2.41. The summed E-state index contributed by atoms with van der Waals surface area (Å²) < 4.78 is 15.4. The van der Waals surface area contributed by atoms with E-state index in [9.17, 15) is 19.2 Å². The summed E-state index contributed by atoms with van der Waals surface area (Å²) in [5, 5.41) is 2.60. The number of ketones is 1. The van der Waals surface area contributed by atoms with E-state index in [0.29, 0.717) is 22.6 Å². The first-order valence-electron chi connectivity index (χ1n) is 9.16. The highest BCUT2D eigenvalue weighted by Gasteiger charge is 2.49. The molecule has 30 heavy (non-hydrogen) atoms. The van der Waals surface area contributed by atoms with Crippen molar-refractivity contribution in [1.29, 1.82) is 0 Å². The number of amides is 3. The van der Waals surface area contributed by atoms with Crippen molar-refractivity contribution in [3.05, 3.63) is 59.7 Å². The number of rotatable bonds is 6. The molecule has 0 bridgehead atoms. The summed E-state index contributed by atoms with van der Waals surface area (Å²) in [4.78, 5) is 50.3. The van der Waals surface area contributed by atoms with Crippen LogP contribution in [-0.4, -0.2) is 48.5 Å². The Morgan fingerprint density at radius 2 is 1.83 bits per heavy atom. The summed E-state index contributed by atoms with van der Waals surface area (Å²) >= 11 is 0. The van der Waals surface area contributed by atoms with E-state index in [4.69, 9.17) is 14.2 Å². The molecular formula is C21H18N2O7. The van der Waals surface area contributed by atoms with E-state index in [2.05, 4.69) is 5.32 Å². The zero-order chi connectivity index (χ0) is 21.3. The Morgan fingerprint density at radius 3 is 2.60 bits per heavy atom. The number of nitrogens with zero attached hydrogens (tertiary/aromatic N) is 1. The lowest BCUT2D eigenvalue weighted by molar-refractivity contribution is -0.146. The third kappa shape index (κ3) is 3.45. The molecule has 4 rings (SSSR count). The molecule has 0 aromatic heterocycles. The van der Waals surface area contributed by atoms with Crippen molar-refractivity contribution in [3.63, 3.8) is 0 Å². The third-order valence-electron chi connectivity index (χ3n) is 4.97. The van der Waals surface area contributed by atoms with Crippen molar-refractivity contribution in [2.24, 2.45) is 0 Å². The lowest BCUT2D eigenvalue weighted by atomic mass is 9.92. The normalized spacial score (nSPS) is 19.6. The minimum atomic E-state index is -1.28. The molecule has 0 aliphatic carbocycles. The predicted octanol–water partition coefficient (Wildman–Crippen LogP) is 1.61. The van der Waals surface area contributed by atoms with Gasteiger partial charge >= 0.3 is 12.0 Å². The van der Waals surface area contributed by atoms with Crippen LogP contribution >= 0.6 is 0 Å². The summed E-state index contributed by atoms with van der Waals surface area (Å²) in [5.74, 6) is -0.925. The number of Topliss-reactive ketones (excluding diaryl/α,β-unsaturated/α-hetero) is 1. The van der Waals surface area contributed by atoms with E-state index in [1.54, 1.807) is 43.3 Å². The largest absolute Gasteiger partial charge is 0.456 e. The smallest absolute Gasteiger partial charge is 0.326 e. The summed E-state index contributed by atoms with van der Waals surface area (Å²) in [6.07, 6.45) is 0. The Bertz CT molecular complexity index is 1040. The molecule has 3 amide bonds. The second-order valence-corrected chi connectivity index (χ2v) is 6.96. The molecule has 154 valence electrons. The van der Waals surface area contributed by atoms with Gasteiger partial charge in [0, 0.05) is 5.56 Å². The molecule has 2 aromatic rings. The van der Waals surface area contributed by atoms with Crippen LogP contribution in [0.5, 0.6) is 11.5 Å². The molecule has 0 spiro atoms. The molecule has 0 saturated carbocycles. The number of ether oxygens (including phenoxy) is 3. The van der Waals surface area contributed by atoms with E-state index >= 15 is 0 Å². The van der Waals surface area contributed by atoms with Crippen LogP contribution in [0.2, 0.25) is 0 Å². The van der Waals surface area contributed by atoms with Gasteiger partial charge in [-0.3, -0.25) is 19.3 Å². The van der Waals surface area contributed by atoms with Gasteiger partial charge in [-0.05, 0) is 30.7 Å². The summed E-state index contributed by atoms with van der Waals surface area (Å²) in [6.45, 7) is 0.520. The number of carbonyl (C=O) groups excluding carboxylic acids is 4. The van der Waals surface area contributed by atoms with E-state index in [1.165, 1.54) is 12.1 Å². The molecule has 0 unspecified atom stereocenters. The Morgan fingerprint density at radius 1 is 1.10 bits per heavy atom. The van der Waals surface area contributed by atoms with Crippen LogP contribution in [0.4, 0.5) is 4.79 Å². The van der Waals surface area contributed by atoms with Crippen molar-refractivity contribution in [2.45, 2.75) is 12.5 Å². The second kappa shape index (κ2) is 7.51. The highest BCUT2D eigenvalue weighted by molar-refractivity contribution is 6.09. The summed E-state index contributed by atoms with van der Waals surface area (Å²) in [6, 6.07) is 12.6. The lowest BCUT2D eigenvalue weighted by Gasteiger charge is -2.21. The van der Waals surface area contributed by atoms with Gasteiger partial charge in [0.2, 0.25) is 6.79 Å². The Kier molecular flexibility index (Phi) is 4.86. The molecule has 1 N–H and O–H groups in total. The molecule has 9 nitrogen and oxygen atoms in total. The SMILES string of the molecule is C[C@@]1(c2ccccc2)NC(=O)N(CC(=O)OCC(=O)c2ccc3c(c2)OCO3)C1=O. The average molecular weight is 410 g/mol. The van der Waals surface area contributed by atoms with Gasteiger partial charge in [0.15, 0.2) is 23.9 Å². The Labute approximate surface area is 171 Å². The van der Waals surface area contributed by atoms with Crippen molar-refractivity contribution in [1.82, 2.24) is 10.2 Å². The van der Waals surface area contributed by atoms with E-state index in [-0.39, 0.29) is 6.79 Å². The molecular weight excluding hydrogens is 392 g/mol. The molecule has 0 radical (unpaired) electrons. The van der Waals surface area contributed by atoms with Gasteiger partial charge in [0.1, 0.15) is 12.1 Å². The highest BCUT2D eigenvalue weighted by Crippen LogP contribution is 2.32. The van der Waals surface area contributed by atoms with Crippen molar-refractivity contribution < 1.29 is 33.4 Å². The fourth-order valence-corrected chi connectivity index (χ4v) is 3.28. The minimum Gasteiger partial charge on any atom is -0.456 e. The average Bonchev–Trinajstić information content (AvgIpc) is 3.31. The van der Waals surface area contributed by atoms with Crippen molar-refractivity contribution in [3.8, 4) is 11.5 Å². The molecule has 2 aliphatic heterocycles. The molecule has 1 atom stereocenters. The summed E-state index contributed by atoms with van der Waals surface area (Å²) in [5.41, 5.74) is -0.392. The van der Waals surface area contributed by atoms with Crippen LogP contribution in [0.3, 0.4) is 0 Å². The van der Waals surface area contributed by atoms with Gasteiger partial charge in [0.25, 0.3) is 5.91 Å². The van der Waals surface area contributed by atoms with Gasteiger partial charge in [-0.15, -0.1) is 0 Å². The molecule has 2 aromatic carbocycles. The first kappa shape index (κ1) is 19.4. The number of carbonyl (C=O) groups is 4. The predicted molar refractivity (Wildman–Crippen MR) is 102 cm³/mol. The number of esters is 1. The molecule has 1 fully saturated rings. The topological polar surface area (TPSA) is 111 Å². The maximum atomic E-state index is 12.8. The maximum Gasteiger partial charge on any atom is 0.326 e. The van der Waals surface area contributed by atoms with Crippen LogP contribution < -0.4 is 14.8 Å². The van der Waals surface area contributed by atoms with Gasteiger partial charge in [-0.1, -0.05) is 30.3 Å². The maximum absolute atomic E-state index is 12.8. The fraction of sp³-hybridized carbons (Fsp3) is 0.238. The third-order valence-corrected chi connectivity index (χ3v) is 4.97. The molecule has 9 heteroatoms. The number of urea groups is 1. The standard InChI is InChI=1S/C21H18N2O7/c1-21(14-5-3-2-4-6-14)19(26)23(20(27)22-21)10-18(25)28-11-15(24)13-7-8-16-17(9-13)30-12-29-16/h2-9H,10-12H2,1H3,(H,22,27)/t21-/m0/s1. The van der Waals surface area contributed by atoms with E-state index in [0.717, 1.165) is 4.90 Å². The zero-order valence-electron chi connectivity index (χ0n) is 16.0. The van der Waals surface area contributed by atoms with Crippen LogP contribution in [-0.2, 0) is 19.9 Å². The zero-order valence-corrected chi connectivity index (χ0v) is 16.0. The molecule has 2 aliphatic rings. The number of hydrogen-bond donors (Lipinski definition) is 1. The van der Waals surface area contributed by atoms with Crippen LogP contribution in [0.1, 0.15) is 22.8 Å². The second-order valence-electron chi connectivity index (χ2n) is 6.96. The van der Waals surface area contributed by atoms with Gasteiger partial charge < -0.3 is 19.5 Å². The monoisotopic (exact) mass is 410 g/mol. The first-order valence-corrected chi connectivity index (χ1v) is 9.16. The first-order chi connectivity index (χ1) is 14.4. The number of hydrogen-bond acceptors (Lipinski definition) is 7. The highest BCUT2D eigenvalue weighted by atomic mass is 16.7. The quantitative estimate of drug-likeness (QED) is 0.437. The molecule has 2 heterocycles. The van der Waals surface area contributed by atoms with Crippen molar-refractivity contribution in [2.75, 3.05) is 19.9 Å². The van der Waals surface area contributed by atoms with Crippen LogP contribution in [0.15, 0.2) is 48.5 Å². The number of benzene rings is 2.